The zero-order valence-electron chi connectivity index (χ0n) is 55.1. The third-order valence-electron chi connectivity index (χ3n) is 14.6. The third kappa shape index (κ3) is 32.5. The van der Waals surface area contributed by atoms with Gasteiger partial charge in [0.1, 0.15) is 72.2 Å². The first-order valence-corrected chi connectivity index (χ1v) is 31.3. The predicted molar refractivity (Wildman–Crippen MR) is 345 cm³/mol. The summed E-state index contributed by atoms with van der Waals surface area (Å²) in [5.74, 6) is -25.6. The highest BCUT2D eigenvalue weighted by Gasteiger charge is 2.38. The van der Waals surface area contributed by atoms with E-state index in [-0.39, 0.29) is 30.1 Å². The Kier molecular flexibility index (Phi) is 37.2. The maximum Gasteiger partial charge on any atom is 0.326 e. The van der Waals surface area contributed by atoms with Crippen molar-refractivity contribution in [2.75, 3.05) is 19.8 Å². The van der Waals surface area contributed by atoms with Gasteiger partial charge >= 0.3 is 29.8 Å². The number of amides is 13. The molecule has 0 saturated carbocycles. The number of hydrogen-bond donors (Lipinski definition) is 23. The molecule has 2 rings (SSSR count). The van der Waals surface area contributed by atoms with Crippen molar-refractivity contribution in [3.05, 3.63) is 65.7 Å². The number of carboxylic acid groups (broad SMARTS) is 5. The molecule has 0 bridgehead atoms. The molecule has 0 aromatic heterocycles. The summed E-state index contributed by atoms with van der Waals surface area (Å²) >= 11 is 0. The number of aliphatic hydroxyl groups is 3. The molecule has 13 amide bonds. The van der Waals surface area contributed by atoms with Crippen LogP contribution in [0.4, 0.5) is 0 Å². The number of aromatic hydroxyl groups is 1. The number of nitrogens with two attached hydrogens (primary N) is 3. The minimum atomic E-state index is -2.24. The largest absolute Gasteiger partial charge is 0.508 e. The van der Waals surface area contributed by atoms with Gasteiger partial charge in [0.05, 0.1) is 38.7 Å². The number of nitrogens with one attached hydrogen (secondary N) is 11. The van der Waals surface area contributed by atoms with Gasteiger partial charge in [0.2, 0.25) is 76.8 Å². The molecule has 2 aromatic rings. The van der Waals surface area contributed by atoms with Crippen molar-refractivity contribution in [1.82, 2.24) is 58.5 Å². The number of phenolic OH excluding ortho intramolecular Hbond substituents is 1. The average molecular weight is 1450 g/mol. The van der Waals surface area contributed by atoms with E-state index in [0.717, 1.165) is 12.1 Å². The molecule has 0 aliphatic heterocycles. The van der Waals surface area contributed by atoms with Crippen LogP contribution in [0.25, 0.3) is 0 Å². The lowest BCUT2D eigenvalue weighted by Gasteiger charge is -2.27. The van der Waals surface area contributed by atoms with Crippen LogP contribution in [0, 0.1) is 5.92 Å². The van der Waals surface area contributed by atoms with Crippen molar-refractivity contribution in [2.24, 2.45) is 23.1 Å². The number of hydrogen-bond acceptors (Lipinski definition) is 23. The van der Waals surface area contributed by atoms with Crippen LogP contribution in [-0.4, -0.2) is 245 Å². The molecule has 41 heteroatoms. The van der Waals surface area contributed by atoms with E-state index in [9.17, 15) is 127 Å². The molecule has 26 N–H and O–H groups in total. The highest BCUT2D eigenvalue weighted by molar-refractivity contribution is 6.01. The molecule has 102 heavy (non-hydrogen) atoms. The fourth-order valence-electron chi connectivity index (χ4n) is 9.27. The van der Waals surface area contributed by atoms with Crippen LogP contribution < -0.4 is 75.7 Å². The summed E-state index contributed by atoms with van der Waals surface area (Å²) < 4.78 is 0. The molecule has 0 spiro atoms. The van der Waals surface area contributed by atoms with Gasteiger partial charge in [-0.3, -0.25) is 81.5 Å². The van der Waals surface area contributed by atoms with Crippen LogP contribution in [0.1, 0.15) is 95.6 Å². The van der Waals surface area contributed by atoms with Crippen LogP contribution in [0.3, 0.4) is 0 Å². The Morgan fingerprint density at radius 1 is 0.343 bits per heavy atom. The zero-order valence-corrected chi connectivity index (χ0v) is 55.1. The molecule has 0 fully saturated rings. The highest BCUT2D eigenvalue weighted by Crippen LogP contribution is 2.14. The Morgan fingerprint density at radius 2 is 0.657 bits per heavy atom. The Balaban J connectivity index is 2.46. The number of aliphatic hydroxyl groups excluding tert-OH is 3. The Labute approximate surface area is 579 Å². The Hall–Kier alpha value is -11.5. The first-order chi connectivity index (χ1) is 47.9. The zero-order chi connectivity index (χ0) is 77.1. The summed E-state index contributed by atoms with van der Waals surface area (Å²) in [4.78, 5) is 234. The number of aliphatic carboxylic acids is 5. The van der Waals surface area contributed by atoms with Crippen LogP contribution >= 0.6 is 0 Å². The first kappa shape index (κ1) is 86.6. The smallest absolute Gasteiger partial charge is 0.326 e. The molecule has 0 unspecified atom stereocenters. The van der Waals surface area contributed by atoms with Crippen LogP contribution in [-0.2, 0) is 99.1 Å². The molecule has 0 aliphatic rings. The van der Waals surface area contributed by atoms with E-state index in [1.54, 1.807) is 44.2 Å². The quantitative estimate of drug-likeness (QED) is 0.0293. The standard InChI is InChI=1S/C61H86N14O27/c1-28(2)20-37(69-50(90)32(62)21-29-6-4-3-5-7-29)54(94)74-42(26-77)59(99)67-35(14-18-47(84)85)53(93)73-41(25-76)58(98)66-33(12-16-44(63)80)52(92)71-39(23-45(64)81)56(96)70-38(22-30-8-10-31(79)11-9-30)55(95)75-43(27-78)60(100)72-40(24-49(88)89)57(97)65-34(13-17-46(82)83)51(91)68-36(61(101)102)15-19-48(86)87/h3-11,28,32-43,76-79H,12-27,62H2,1-2H3,(H2,63,80)(H2,64,81)(H,65,97)(H,66,98)(H,67,99)(H,68,91)(H,69,90)(H,70,96)(H,71,92)(H,72,100)(H,73,93)(H,74,94)(H,75,95)(H,82,83)(H,84,85)(H,86,87)(H,88,89)(H,101,102)/t32-,33-,34-,35-,36-,37-,38-,39-,40-,41-,42-,43-/m0/s1. The summed E-state index contributed by atoms with van der Waals surface area (Å²) in [6, 6.07) is -9.49. The maximum atomic E-state index is 14.2. The summed E-state index contributed by atoms with van der Waals surface area (Å²) in [6.45, 7) is -0.409. The molecular formula is C61H86N14O27. The summed E-state index contributed by atoms with van der Waals surface area (Å²) in [7, 11) is 0. The SMILES string of the molecule is CC(C)C[C@H](NC(=O)[C@@H](N)Cc1ccccc1)C(=O)N[C@@H](CO)C(=O)N[C@@H](CCC(=O)O)C(=O)N[C@@H](CO)C(=O)N[C@@H](CCC(N)=O)C(=O)N[C@@H](CC(N)=O)C(=O)N[C@@H](Cc1ccc(O)cc1)C(=O)N[C@@H](CO)C(=O)N[C@@H](CC(=O)O)C(=O)N[C@@H](CCC(=O)O)C(=O)N[C@@H](CCC(=O)O)C(=O)O. The van der Waals surface area contributed by atoms with Gasteiger partial charge in [-0.15, -0.1) is 0 Å². The van der Waals surface area contributed by atoms with Crippen molar-refractivity contribution in [3.63, 3.8) is 0 Å². The molecule has 2 aromatic carbocycles. The first-order valence-electron chi connectivity index (χ1n) is 31.3. The normalized spacial score (nSPS) is 14.5. The molecule has 0 radical (unpaired) electrons. The molecule has 0 saturated heterocycles. The lowest BCUT2D eigenvalue weighted by molar-refractivity contribution is -0.145. The number of carboxylic acids is 5. The van der Waals surface area contributed by atoms with Crippen molar-refractivity contribution >= 4 is 107 Å². The average Bonchev–Trinajstić information content (AvgIpc) is 0.857. The number of primary amides is 2. The second-order valence-electron chi connectivity index (χ2n) is 23.4. The van der Waals surface area contributed by atoms with Crippen molar-refractivity contribution in [1.29, 1.82) is 0 Å². The number of rotatable bonds is 48. The predicted octanol–water partition coefficient (Wildman–Crippen LogP) is -8.84. The van der Waals surface area contributed by atoms with Gasteiger partial charge < -0.3 is 122 Å². The lowest BCUT2D eigenvalue weighted by atomic mass is 10.0. The van der Waals surface area contributed by atoms with E-state index in [0.29, 0.717) is 5.56 Å². The summed E-state index contributed by atoms with van der Waals surface area (Å²) in [5, 5.41) is 111. The second-order valence-corrected chi connectivity index (χ2v) is 23.4. The second kappa shape index (κ2) is 43.8. The molecule has 0 aliphatic carbocycles. The van der Waals surface area contributed by atoms with E-state index in [1.165, 1.54) is 12.1 Å². The van der Waals surface area contributed by atoms with Gasteiger partial charge in [0.15, 0.2) is 0 Å². The molecule has 562 valence electrons. The Bertz CT molecular complexity index is 3320. The maximum absolute atomic E-state index is 14.2. The molecule has 0 heterocycles. The molecule has 12 atom stereocenters. The minimum Gasteiger partial charge on any atom is -0.508 e. The molecule has 41 nitrogen and oxygen atoms in total. The fraction of sp³-hybridized carbons (Fsp3) is 0.508. The monoisotopic (exact) mass is 1450 g/mol. The fourth-order valence-corrected chi connectivity index (χ4v) is 9.27. The van der Waals surface area contributed by atoms with Crippen molar-refractivity contribution < 1.29 is 132 Å². The van der Waals surface area contributed by atoms with E-state index in [4.69, 9.17) is 22.3 Å². The summed E-state index contributed by atoms with van der Waals surface area (Å²) in [5.41, 5.74) is 17.7. The third-order valence-corrected chi connectivity index (χ3v) is 14.6. The van der Waals surface area contributed by atoms with Gasteiger partial charge in [-0.25, -0.2) is 4.79 Å². The van der Waals surface area contributed by atoms with Gasteiger partial charge in [0.25, 0.3) is 0 Å². The van der Waals surface area contributed by atoms with Crippen molar-refractivity contribution in [3.8, 4) is 5.75 Å². The van der Waals surface area contributed by atoms with E-state index in [1.807, 2.05) is 21.3 Å². The van der Waals surface area contributed by atoms with Crippen LogP contribution in [0.2, 0.25) is 0 Å². The number of carbonyl (C=O) groups excluding carboxylic acids is 13. The number of carbonyl (C=O) groups is 18. The lowest BCUT2D eigenvalue weighted by Crippen LogP contribution is -2.62. The highest BCUT2D eigenvalue weighted by atomic mass is 16.4. The van der Waals surface area contributed by atoms with Crippen LogP contribution in [0.15, 0.2) is 54.6 Å². The Morgan fingerprint density at radius 3 is 1.03 bits per heavy atom. The van der Waals surface area contributed by atoms with Gasteiger partial charge in [0, 0.05) is 32.1 Å². The minimum absolute atomic E-state index is 0.000400. The summed E-state index contributed by atoms with van der Waals surface area (Å²) in [6.07, 6.45) is -9.17. The molecular weight excluding hydrogens is 1360 g/mol. The van der Waals surface area contributed by atoms with Gasteiger partial charge in [-0.2, -0.15) is 0 Å². The number of benzene rings is 2. The van der Waals surface area contributed by atoms with Crippen LogP contribution in [0.5, 0.6) is 5.75 Å². The van der Waals surface area contributed by atoms with Gasteiger partial charge in [-0.1, -0.05) is 56.3 Å². The number of phenols is 1. The van der Waals surface area contributed by atoms with E-state index >= 15 is 0 Å². The van der Waals surface area contributed by atoms with E-state index < -0.39 is 270 Å². The van der Waals surface area contributed by atoms with Gasteiger partial charge in [-0.05, 0) is 67.7 Å². The topological polar surface area (TPSA) is 700 Å². The van der Waals surface area contributed by atoms with E-state index in [2.05, 4.69) is 37.2 Å². The van der Waals surface area contributed by atoms with Crippen molar-refractivity contribution in [2.45, 2.75) is 170 Å².